The minimum absolute atomic E-state index is 0.224. The van der Waals surface area contributed by atoms with Gasteiger partial charge in [0.05, 0.1) is 27.0 Å². The van der Waals surface area contributed by atoms with Crippen LogP contribution in [0.3, 0.4) is 0 Å². The average Bonchev–Trinajstić information content (AvgIpc) is 2.37. The Hall–Kier alpha value is -2.24. The Bertz CT molecular complexity index is 470. The molecular formula is C12H15NO5. The van der Waals surface area contributed by atoms with Gasteiger partial charge in [-0.25, -0.2) is 0 Å². The topological polar surface area (TPSA) is 73.9 Å². The molecule has 98 valence electrons. The van der Waals surface area contributed by atoms with Crippen LogP contribution in [0.4, 0.5) is 5.69 Å². The summed E-state index contributed by atoms with van der Waals surface area (Å²) in [6.45, 7) is 1.39. The van der Waals surface area contributed by atoms with Gasteiger partial charge in [-0.1, -0.05) is 0 Å². The molecule has 0 aromatic heterocycles. The summed E-state index contributed by atoms with van der Waals surface area (Å²) in [6.07, 6.45) is 0.468. The first-order valence-corrected chi connectivity index (χ1v) is 5.14. The lowest BCUT2D eigenvalue weighted by atomic mass is 10.1. The zero-order valence-corrected chi connectivity index (χ0v) is 10.7. The zero-order chi connectivity index (χ0) is 13.7. The molecular weight excluding hydrogens is 238 g/mol. The summed E-state index contributed by atoms with van der Waals surface area (Å²) in [5, 5.41) is 2.44. The number of hydrogen-bond acceptors (Lipinski definition) is 5. The van der Waals surface area contributed by atoms with Crippen LogP contribution in [0.15, 0.2) is 6.07 Å². The van der Waals surface area contributed by atoms with Gasteiger partial charge in [-0.15, -0.1) is 0 Å². The fourth-order valence-corrected chi connectivity index (χ4v) is 1.64. The molecule has 0 saturated heterocycles. The number of hydrogen-bond donors (Lipinski definition) is 1. The van der Waals surface area contributed by atoms with Crippen LogP contribution < -0.4 is 19.5 Å². The number of Topliss-reactive ketones (excluding diaryl/α,β-unsaturated/α-hetero) is 1. The second-order valence-electron chi connectivity index (χ2n) is 3.39. The van der Waals surface area contributed by atoms with Gasteiger partial charge >= 0.3 is 0 Å². The lowest BCUT2D eigenvalue weighted by Crippen LogP contribution is -2.07. The standard InChI is InChI=1S/C12H15NO5/c1-7(15)8-5-9(16-2)11(17-3)12(18-4)10(8)13-6-14/h5-6H,1-4H3,(H,13,14). The van der Waals surface area contributed by atoms with Gasteiger partial charge in [-0.05, 0) is 13.0 Å². The van der Waals surface area contributed by atoms with E-state index in [0.717, 1.165) is 0 Å². The van der Waals surface area contributed by atoms with E-state index in [4.69, 9.17) is 14.2 Å². The molecule has 0 heterocycles. The molecule has 18 heavy (non-hydrogen) atoms. The van der Waals surface area contributed by atoms with Gasteiger partial charge in [-0.2, -0.15) is 0 Å². The third-order valence-corrected chi connectivity index (χ3v) is 2.41. The number of amides is 1. The lowest BCUT2D eigenvalue weighted by molar-refractivity contribution is -0.105. The number of carbonyl (C=O) groups is 2. The third-order valence-electron chi connectivity index (χ3n) is 2.41. The highest BCUT2D eigenvalue weighted by Crippen LogP contribution is 2.45. The van der Waals surface area contributed by atoms with Crippen LogP contribution in [0.1, 0.15) is 17.3 Å². The third kappa shape index (κ3) is 2.37. The molecule has 1 rings (SSSR count). The van der Waals surface area contributed by atoms with Gasteiger partial charge in [0.2, 0.25) is 12.2 Å². The molecule has 0 saturated carbocycles. The Morgan fingerprint density at radius 2 is 1.78 bits per heavy atom. The summed E-state index contributed by atoms with van der Waals surface area (Å²) < 4.78 is 15.5. The van der Waals surface area contributed by atoms with Crippen LogP contribution in [-0.4, -0.2) is 33.5 Å². The molecule has 0 aliphatic heterocycles. The number of ether oxygens (including phenoxy) is 3. The second-order valence-corrected chi connectivity index (χ2v) is 3.39. The Morgan fingerprint density at radius 1 is 1.17 bits per heavy atom. The Morgan fingerprint density at radius 3 is 2.17 bits per heavy atom. The fourth-order valence-electron chi connectivity index (χ4n) is 1.64. The van der Waals surface area contributed by atoms with Crippen molar-refractivity contribution in [2.75, 3.05) is 26.6 Å². The first-order valence-electron chi connectivity index (χ1n) is 5.14. The molecule has 0 unspecified atom stereocenters. The highest BCUT2D eigenvalue weighted by atomic mass is 16.5. The average molecular weight is 253 g/mol. The van der Waals surface area contributed by atoms with E-state index >= 15 is 0 Å². The highest BCUT2D eigenvalue weighted by Gasteiger charge is 2.22. The quantitative estimate of drug-likeness (QED) is 0.614. The minimum atomic E-state index is -0.224. The van der Waals surface area contributed by atoms with E-state index < -0.39 is 0 Å². The molecule has 1 aromatic rings. The van der Waals surface area contributed by atoms with Gasteiger partial charge < -0.3 is 19.5 Å². The van der Waals surface area contributed by atoms with Crippen LogP contribution in [0.5, 0.6) is 17.2 Å². The first-order chi connectivity index (χ1) is 8.60. The molecule has 0 radical (unpaired) electrons. The van der Waals surface area contributed by atoms with Gasteiger partial charge in [0.15, 0.2) is 17.3 Å². The van der Waals surface area contributed by atoms with Crippen molar-refractivity contribution in [3.63, 3.8) is 0 Å². The predicted molar refractivity (Wildman–Crippen MR) is 65.8 cm³/mol. The van der Waals surface area contributed by atoms with E-state index in [1.807, 2.05) is 0 Å². The monoisotopic (exact) mass is 253 g/mol. The van der Waals surface area contributed by atoms with Crippen molar-refractivity contribution < 1.29 is 23.8 Å². The molecule has 1 N–H and O–H groups in total. The van der Waals surface area contributed by atoms with Crippen molar-refractivity contribution in [3.8, 4) is 17.2 Å². The Kier molecular flexibility index (Phi) is 4.53. The summed E-state index contributed by atoms with van der Waals surface area (Å²) in [6, 6.07) is 1.50. The highest BCUT2D eigenvalue weighted by molar-refractivity contribution is 6.04. The largest absolute Gasteiger partial charge is 0.493 e. The molecule has 6 heteroatoms. The Labute approximate surface area is 105 Å². The van der Waals surface area contributed by atoms with E-state index in [2.05, 4.69) is 5.32 Å². The van der Waals surface area contributed by atoms with Crippen LogP contribution in [0.25, 0.3) is 0 Å². The van der Waals surface area contributed by atoms with Gasteiger partial charge in [0.25, 0.3) is 0 Å². The molecule has 1 amide bonds. The number of nitrogens with one attached hydrogen (secondary N) is 1. The number of carbonyl (C=O) groups excluding carboxylic acids is 2. The van der Waals surface area contributed by atoms with E-state index in [1.165, 1.54) is 34.3 Å². The summed E-state index contributed by atoms with van der Waals surface area (Å²) >= 11 is 0. The summed E-state index contributed by atoms with van der Waals surface area (Å²) in [7, 11) is 4.31. The Balaban J connectivity index is 3.62. The van der Waals surface area contributed by atoms with Gasteiger partial charge in [-0.3, -0.25) is 9.59 Å². The summed E-state index contributed by atoms with van der Waals surface area (Å²) in [5.41, 5.74) is 0.550. The van der Waals surface area contributed by atoms with Crippen LogP contribution in [0.2, 0.25) is 0 Å². The lowest BCUT2D eigenvalue weighted by Gasteiger charge is -2.17. The van der Waals surface area contributed by atoms with Crippen molar-refractivity contribution in [2.45, 2.75) is 6.92 Å². The molecule has 0 fully saturated rings. The van der Waals surface area contributed by atoms with Crippen LogP contribution >= 0.6 is 0 Å². The number of rotatable bonds is 6. The number of methoxy groups -OCH3 is 3. The SMILES string of the molecule is COc1cc(C(C)=O)c(NC=O)c(OC)c1OC. The van der Waals surface area contributed by atoms with Gasteiger partial charge in [0, 0.05) is 5.56 Å². The zero-order valence-electron chi connectivity index (χ0n) is 10.7. The van der Waals surface area contributed by atoms with E-state index in [9.17, 15) is 9.59 Å². The molecule has 0 atom stereocenters. The van der Waals surface area contributed by atoms with E-state index in [-0.39, 0.29) is 22.8 Å². The summed E-state index contributed by atoms with van der Waals surface area (Å²) in [5.74, 6) is 0.693. The number of ketones is 1. The molecule has 1 aromatic carbocycles. The predicted octanol–water partition coefficient (Wildman–Crippen LogP) is 1.48. The molecule has 0 aliphatic rings. The van der Waals surface area contributed by atoms with Crippen molar-refractivity contribution in [1.82, 2.24) is 0 Å². The van der Waals surface area contributed by atoms with Crippen LogP contribution in [0, 0.1) is 0 Å². The maximum Gasteiger partial charge on any atom is 0.211 e. The molecule has 0 bridgehead atoms. The molecule has 6 nitrogen and oxygen atoms in total. The number of benzene rings is 1. The first kappa shape index (κ1) is 13.8. The van der Waals surface area contributed by atoms with Crippen molar-refractivity contribution in [2.24, 2.45) is 0 Å². The molecule has 0 spiro atoms. The van der Waals surface area contributed by atoms with E-state index in [1.54, 1.807) is 0 Å². The molecule has 0 aliphatic carbocycles. The minimum Gasteiger partial charge on any atom is -0.493 e. The van der Waals surface area contributed by atoms with Crippen LogP contribution in [-0.2, 0) is 4.79 Å². The number of anilines is 1. The van der Waals surface area contributed by atoms with E-state index in [0.29, 0.717) is 17.9 Å². The fraction of sp³-hybridized carbons (Fsp3) is 0.333. The second kappa shape index (κ2) is 5.90. The maximum absolute atomic E-state index is 11.6. The van der Waals surface area contributed by atoms with Crippen molar-refractivity contribution >= 4 is 17.9 Å². The smallest absolute Gasteiger partial charge is 0.211 e. The normalized spacial score (nSPS) is 9.56. The maximum atomic E-state index is 11.6. The van der Waals surface area contributed by atoms with Crippen molar-refractivity contribution in [1.29, 1.82) is 0 Å². The summed E-state index contributed by atoms with van der Waals surface area (Å²) in [4.78, 5) is 22.2. The van der Waals surface area contributed by atoms with Crippen molar-refractivity contribution in [3.05, 3.63) is 11.6 Å². The van der Waals surface area contributed by atoms with Gasteiger partial charge in [0.1, 0.15) is 0 Å².